The number of aromatic nitrogens is 1. The van der Waals surface area contributed by atoms with E-state index in [1.807, 2.05) is 0 Å². The SMILES string of the molecule is CC(C)[C@@H]1COCCN1C1NC(c2ccncc2F)CC(=O)N1C. The maximum absolute atomic E-state index is 14.1. The Kier molecular flexibility index (Phi) is 5.12. The van der Waals surface area contributed by atoms with Crippen LogP contribution in [0.5, 0.6) is 0 Å². The van der Waals surface area contributed by atoms with Gasteiger partial charge in [-0.2, -0.15) is 0 Å². The van der Waals surface area contributed by atoms with Gasteiger partial charge in [-0.3, -0.25) is 20.0 Å². The van der Waals surface area contributed by atoms with Gasteiger partial charge >= 0.3 is 0 Å². The molecular formula is C17H25FN4O2. The van der Waals surface area contributed by atoms with Crippen molar-refractivity contribution in [2.24, 2.45) is 5.92 Å². The number of hydrogen-bond donors (Lipinski definition) is 1. The van der Waals surface area contributed by atoms with Crippen LogP contribution < -0.4 is 5.32 Å². The average molecular weight is 336 g/mol. The van der Waals surface area contributed by atoms with Gasteiger partial charge in [0.05, 0.1) is 19.4 Å². The summed E-state index contributed by atoms with van der Waals surface area (Å²) in [6.07, 6.45) is 2.73. The molecule has 24 heavy (non-hydrogen) atoms. The van der Waals surface area contributed by atoms with Gasteiger partial charge < -0.3 is 9.64 Å². The van der Waals surface area contributed by atoms with Crippen molar-refractivity contribution in [3.05, 3.63) is 29.8 Å². The van der Waals surface area contributed by atoms with Crippen LogP contribution in [0.15, 0.2) is 18.5 Å². The summed E-state index contributed by atoms with van der Waals surface area (Å²) in [4.78, 5) is 20.3. The first kappa shape index (κ1) is 17.3. The summed E-state index contributed by atoms with van der Waals surface area (Å²) in [5, 5.41) is 3.45. The molecule has 2 aliphatic rings. The van der Waals surface area contributed by atoms with Crippen LogP contribution >= 0.6 is 0 Å². The molecule has 6 nitrogen and oxygen atoms in total. The molecule has 0 saturated carbocycles. The number of carbonyl (C=O) groups is 1. The van der Waals surface area contributed by atoms with E-state index in [-0.39, 0.29) is 36.5 Å². The Morgan fingerprint density at radius 1 is 1.46 bits per heavy atom. The van der Waals surface area contributed by atoms with Crippen LogP contribution in [-0.2, 0) is 9.53 Å². The average Bonchev–Trinajstić information content (AvgIpc) is 2.57. The molecule has 2 saturated heterocycles. The van der Waals surface area contributed by atoms with Crippen molar-refractivity contribution in [3.63, 3.8) is 0 Å². The van der Waals surface area contributed by atoms with Crippen molar-refractivity contribution >= 4 is 5.91 Å². The Hall–Kier alpha value is -1.57. The lowest BCUT2D eigenvalue weighted by molar-refractivity contribution is -0.152. The predicted octanol–water partition coefficient (Wildman–Crippen LogP) is 1.35. The molecule has 132 valence electrons. The zero-order chi connectivity index (χ0) is 17.3. The van der Waals surface area contributed by atoms with E-state index in [1.54, 1.807) is 24.2 Å². The number of halogens is 1. The summed E-state index contributed by atoms with van der Waals surface area (Å²) >= 11 is 0. The molecule has 1 amide bonds. The van der Waals surface area contributed by atoms with Crippen LogP contribution in [0, 0.1) is 11.7 Å². The lowest BCUT2D eigenvalue weighted by atomic mass is 9.99. The Balaban J connectivity index is 1.86. The molecular weight excluding hydrogens is 311 g/mol. The van der Waals surface area contributed by atoms with E-state index in [1.165, 1.54) is 6.20 Å². The van der Waals surface area contributed by atoms with Crippen LogP contribution in [0.4, 0.5) is 4.39 Å². The smallest absolute Gasteiger partial charge is 0.226 e. The molecule has 1 aromatic heterocycles. The number of nitrogens with one attached hydrogen (secondary N) is 1. The second-order valence-corrected chi connectivity index (χ2v) is 6.82. The molecule has 0 spiro atoms. The van der Waals surface area contributed by atoms with Gasteiger partial charge in [0.15, 0.2) is 0 Å². The fourth-order valence-electron chi connectivity index (χ4n) is 3.51. The van der Waals surface area contributed by atoms with Crippen LogP contribution in [0.3, 0.4) is 0 Å². The minimum absolute atomic E-state index is 0.00830. The number of pyridine rings is 1. The molecule has 0 radical (unpaired) electrons. The van der Waals surface area contributed by atoms with Gasteiger partial charge in [0.2, 0.25) is 5.91 Å². The van der Waals surface area contributed by atoms with Gasteiger partial charge in [0, 0.05) is 43.9 Å². The fraction of sp³-hybridized carbons (Fsp3) is 0.647. The first-order chi connectivity index (χ1) is 11.5. The minimum Gasteiger partial charge on any atom is -0.378 e. The lowest BCUT2D eigenvalue weighted by Crippen LogP contribution is -2.66. The molecule has 2 fully saturated rings. The zero-order valence-corrected chi connectivity index (χ0v) is 14.4. The highest BCUT2D eigenvalue weighted by molar-refractivity contribution is 5.78. The minimum atomic E-state index is -0.381. The number of hydrogen-bond acceptors (Lipinski definition) is 5. The van der Waals surface area contributed by atoms with E-state index in [9.17, 15) is 9.18 Å². The van der Waals surface area contributed by atoms with E-state index in [0.717, 1.165) is 6.54 Å². The third-order valence-electron chi connectivity index (χ3n) is 4.96. The van der Waals surface area contributed by atoms with Crippen molar-refractivity contribution < 1.29 is 13.9 Å². The van der Waals surface area contributed by atoms with Crippen molar-refractivity contribution in [3.8, 4) is 0 Å². The standard InChI is InChI=1S/C17H25FN4O2/c1-11(2)15-10-24-7-6-22(15)17-20-14(8-16(23)21(17)3)12-4-5-19-9-13(12)18/h4-5,9,11,14-15,17,20H,6-8,10H2,1-3H3/t14?,15-,17?/m0/s1. The van der Waals surface area contributed by atoms with Crippen molar-refractivity contribution in [2.75, 3.05) is 26.8 Å². The van der Waals surface area contributed by atoms with Crippen LogP contribution in [0.2, 0.25) is 0 Å². The van der Waals surface area contributed by atoms with Crippen molar-refractivity contribution in [2.45, 2.75) is 38.6 Å². The van der Waals surface area contributed by atoms with E-state index < -0.39 is 0 Å². The molecule has 0 aromatic carbocycles. The molecule has 2 aliphatic heterocycles. The first-order valence-electron chi connectivity index (χ1n) is 8.43. The largest absolute Gasteiger partial charge is 0.378 e. The monoisotopic (exact) mass is 336 g/mol. The van der Waals surface area contributed by atoms with Gasteiger partial charge in [-0.15, -0.1) is 0 Å². The molecule has 3 rings (SSSR count). The topological polar surface area (TPSA) is 57.7 Å². The summed E-state index contributed by atoms with van der Waals surface area (Å²) in [5.41, 5.74) is 0.491. The number of morpholine rings is 1. The third kappa shape index (κ3) is 3.29. The number of nitrogens with zero attached hydrogens (tertiary/aromatic N) is 3. The van der Waals surface area contributed by atoms with E-state index >= 15 is 0 Å². The van der Waals surface area contributed by atoms with Gasteiger partial charge in [-0.1, -0.05) is 13.8 Å². The Morgan fingerprint density at radius 2 is 2.25 bits per heavy atom. The van der Waals surface area contributed by atoms with Crippen LogP contribution in [-0.4, -0.2) is 59.8 Å². The fourth-order valence-corrected chi connectivity index (χ4v) is 3.51. The molecule has 2 unspecified atom stereocenters. The van der Waals surface area contributed by atoms with Gasteiger partial charge in [0.25, 0.3) is 0 Å². The molecule has 3 heterocycles. The third-order valence-corrected chi connectivity index (χ3v) is 4.96. The molecule has 0 aliphatic carbocycles. The van der Waals surface area contributed by atoms with Gasteiger partial charge in [-0.25, -0.2) is 4.39 Å². The number of carbonyl (C=O) groups excluding carboxylic acids is 1. The molecule has 1 aromatic rings. The highest BCUT2D eigenvalue weighted by atomic mass is 19.1. The van der Waals surface area contributed by atoms with Crippen molar-refractivity contribution in [1.29, 1.82) is 0 Å². The first-order valence-corrected chi connectivity index (χ1v) is 8.43. The van der Waals surface area contributed by atoms with Crippen LogP contribution in [0.25, 0.3) is 0 Å². The highest BCUT2D eigenvalue weighted by Gasteiger charge is 2.40. The second-order valence-electron chi connectivity index (χ2n) is 6.82. The normalized spacial score (nSPS) is 29.3. The molecule has 1 N–H and O–H groups in total. The highest BCUT2D eigenvalue weighted by Crippen LogP contribution is 2.28. The van der Waals surface area contributed by atoms with Gasteiger partial charge in [-0.05, 0) is 12.0 Å². The number of amides is 1. The molecule has 7 heteroatoms. The Bertz CT molecular complexity index is 598. The molecule has 3 atom stereocenters. The maximum atomic E-state index is 14.1. The second kappa shape index (κ2) is 7.13. The summed E-state index contributed by atoms with van der Waals surface area (Å²) in [6, 6.07) is 1.51. The van der Waals surface area contributed by atoms with E-state index in [0.29, 0.717) is 24.7 Å². The summed E-state index contributed by atoms with van der Waals surface area (Å²) in [7, 11) is 1.80. The van der Waals surface area contributed by atoms with E-state index in [4.69, 9.17) is 4.74 Å². The summed E-state index contributed by atoms with van der Waals surface area (Å²) < 4.78 is 19.7. The summed E-state index contributed by atoms with van der Waals surface area (Å²) in [5.74, 6) is 0.0242. The number of rotatable bonds is 3. The Morgan fingerprint density at radius 3 is 2.96 bits per heavy atom. The Labute approximate surface area is 142 Å². The van der Waals surface area contributed by atoms with Crippen LogP contribution in [0.1, 0.15) is 31.9 Å². The van der Waals surface area contributed by atoms with E-state index in [2.05, 4.69) is 29.0 Å². The quantitative estimate of drug-likeness (QED) is 0.903. The predicted molar refractivity (Wildman–Crippen MR) is 87.4 cm³/mol. The van der Waals surface area contributed by atoms with Crippen molar-refractivity contribution in [1.82, 2.24) is 20.1 Å². The zero-order valence-electron chi connectivity index (χ0n) is 14.4. The maximum Gasteiger partial charge on any atom is 0.226 e. The number of ether oxygens (including phenoxy) is 1. The molecule has 0 bridgehead atoms. The summed E-state index contributed by atoms with van der Waals surface area (Å²) in [6.45, 7) is 6.32. The van der Waals surface area contributed by atoms with Gasteiger partial charge in [0.1, 0.15) is 12.1 Å². The lowest BCUT2D eigenvalue weighted by Gasteiger charge is -2.49.